The lowest BCUT2D eigenvalue weighted by Gasteiger charge is -1.91. The Morgan fingerprint density at radius 1 is 0.600 bits per heavy atom. The molecule has 9 N–H and O–H groups in total. The zero-order valence-corrected chi connectivity index (χ0v) is 14.8. The van der Waals surface area contributed by atoms with Crippen molar-refractivity contribution in [3.05, 3.63) is 42.6 Å². The lowest BCUT2D eigenvalue weighted by molar-refractivity contribution is 0.272. The maximum Gasteiger partial charge on any atom is 0.466 e. The van der Waals surface area contributed by atoms with E-state index >= 15 is 0 Å². The molecule has 1 aromatic carbocycles. The van der Waals surface area contributed by atoms with Crippen LogP contribution in [0.4, 0.5) is 0 Å². The van der Waals surface area contributed by atoms with Gasteiger partial charge in [-0.05, 0) is 12.1 Å². The maximum absolute atomic E-state index is 8.88. The van der Waals surface area contributed by atoms with E-state index in [0.29, 0.717) is 0 Å². The van der Waals surface area contributed by atoms with Crippen molar-refractivity contribution in [1.29, 1.82) is 0 Å². The van der Waals surface area contributed by atoms with Crippen molar-refractivity contribution in [2.75, 3.05) is 0 Å². The van der Waals surface area contributed by atoms with Crippen LogP contribution in [0.5, 0.6) is 0 Å². The molecule has 0 fully saturated rings. The second kappa shape index (κ2) is 11.6. The molecule has 16 heteroatoms. The molecule has 25 heavy (non-hydrogen) atoms. The molecule has 0 radical (unpaired) electrons. The standard InChI is InChI=1S/C9H7N.3H3O4P/c1-2-6-9-8(4-1)5-3-7-10-9;3*1-5(2,3)4/h1-7H;3*(H3,1,2,3,4). The largest absolute Gasteiger partial charge is 0.466 e. The monoisotopic (exact) mass is 423 g/mol. The van der Waals surface area contributed by atoms with Crippen LogP contribution in [-0.2, 0) is 13.7 Å². The molecule has 0 amide bonds. The number of para-hydroxylation sites is 1. The molecule has 0 aliphatic heterocycles. The summed E-state index contributed by atoms with van der Waals surface area (Å²) in [5, 5.41) is 1.20. The van der Waals surface area contributed by atoms with Crippen LogP contribution in [0.2, 0.25) is 0 Å². The fourth-order valence-electron chi connectivity index (χ4n) is 1.02. The Kier molecular flexibility index (Phi) is 12.1. The van der Waals surface area contributed by atoms with Gasteiger partial charge in [0.2, 0.25) is 0 Å². The van der Waals surface area contributed by atoms with Gasteiger partial charge < -0.3 is 44.0 Å². The van der Waals surface area contributed by atoms with Crippen LogP contribution in [0, 0.1) is 0 Å². The third-order valence-electron chi connectivity index (χ3n) is 1.51. The molecule has 1 heterocycles. The number of nitrogens with zero attached hydrogens (tertiary/aromatic N) is 1. The fraction of sp³-hybridized carbons (Fsp3) is 0. The van der Waals surface area contributed by atoms with E-state index in [0.717, 1.165) is 5.52 Å². The Labute approximate surface area is 140 Å². The van der Waals surface area contributed by atoms with Crippen LogP contribution < -0.4 is 0 Å². The van der Waals surface area contributed by atoms with Crippen molar-refractivity contribution in [1.82, 2.24) is 4.98 Å². The highest BCUT2D eigenvalue weighted by Crippen LogP contribution is 2.26. The minimum Gasteiger partial charge on any atom is -0.303 e. The van der Waals surface area contributed by atoms with E-state index in [-0.39, 0.29) is 0 Å². The Hall–Kier alpha value is -1.04. The van der Waals surface area contributed by atoms with Gasteiger partial charge in [-0.2, -0.15) is 0 Å². The lowest BCUT2D eigenvalue weighted by atomic mass is 10.2. The van der Waals surface area contributed by atoms with Crippen molar-refractivity contribution >= 4 is 34.4 Å². The smallest absolute Gasteiger partial charge is 0.303 e. The Morgan fingerprint density at radius 2 is 0.920 bits per heavy atom. The number of hydrogen-bond acceptors (Lipinski definition) is 4. The molecular weight excluding hydrogens is 407 g/mol. The molecule has 13 nitrogen and oxygen atoms in total. The highest BCUT2D eigenvalue weighted by atomic mass is 31.2. The SMILES string of the molecule is O=P(O)(O)O.O=P(O)(O)O.O=P(O)(O)O.c1ccc2ncccc2c1. The van der Waals surface area contributed by atoms with E-state index in [4.69, 9.17) is 57.7 Å². The quantitative estimate of drug-likeness (QED) is 0.242. The summed E-state index contributed by atoms with van der Waals surface area (Å²) in [6, 6.07) is 12.1. The molecule has 0 aliphatic rings. The highest BCUT2D eigenvalue weighted by Gasteiger charge is 2.01. The number of phosphoric acid groups is 3. The van der Waals surface area contributed by atoms with Gasteiger partial charge in [0, 0.05) is 11.6 Å². The molecule has 0 saturated heterocycles. The lowest BCUT2D eigenvalue weighted by Crippen LogP contribution is -1.73. The average Bonchev–Trinajstić information content (AvgIpc) is 2.33. The number of pyridine rings is 1. The van der Waals surface area contributed by atoms with Gasteiger partial charge in [-0.25, -0.2) is 13.7 Å². The molecule has 0 aliphatic carbocycles. The van der Waals surface area contributed by atoms with Crippen LogP contribution in [0.1, 0.15) is 0 Å². The Bertz CT molecular complexity index is 627. The number of hydrogen-bond donors (Lipinski definition) is 9. The number of benzene rings is 1. The number of aromatic nitrogens is 1. The molecule has 2 rings (SSSR count). The van der Waals surface area contributed by atoms with Crippen LogP contribution in [-0.4, -0.2) is 49.0 Å². The second-order valence-corrected chi connectivity index (χ2v) is 6.82. The van der Waals surface area contributed by atoms with Gasteiger partial charge in [0.1, 0.15) is 0 Å². The van der Waals surface area contributed by atoms with E-state index in [9.17, 15) is 0 Å². The molecule has 144 valence electrons. The minimum absolute atomic E-state index is 1.06. The molecule has 0 saturated carbocycles. The first-order chi connectivity index (χ1) is 11.0. The second-order valence-electron chi connectivity index (χ2n) is 3.74. The van der Waals surface area contributed by atoms with Crippen molar-refractivity contribution < 1.29 is 57.7 Å². The molecule has 1 aromatic heterocycles. The average molecular weight is 423 g/mol. The molecule has 0 atom stereocenters. The zero-order chi connectivity index (χ0) is 20.3. The Morgan fingerprint density at radius 3 is 1.28 bits per heavy atom. The highest BCUT2D eigenvalue weighted by molar-refractivity contribution is 7.45. The van der Waals surface area contributed by atoms with Crippen LogP contribution >= 0.6 is 23.5 Å². The van der Waals surface area contributed by atoms with Crippen LogP contribution in [0.15, 0.2) is 42.6 Å². The molecule has 0 unspecified atom stereocenters. The van der Waals surface area contributed by atoms with Crippen molar-refractivity contribution in [3.8, 4) is 0 Å². The summed E-state index contributed by atoms with van der Waals surface area (Å²) >= 11 is 0. The molecule has 0 spiro atoms. The minimum atomic E-state index is -4.64. The predicted molar refractivity (Wildman–Crippen MR) is 84.5 cm³/mol. The van der Waals surface area contributed by atoms with E-state index in [1.165, 1.54) is 5.39 Å². The van der Waals surface area contributed by atoms with Gasteiger partial charge in [0.05, 0.1) is 5.52 Å². The first kappa shape index (κ1) is 26.2. The summed E-state index contributed by atoms with van der Waals surface area (Å²) < 4.78 is 26.6. The maximum atomic E-state index is 8.88. The van der Waals surface area contributed by atoms with Gasteiger partial charge in [-0.3, -0.25) is 4.98 Å². The molecule has 0 bridgehead atoms. The van der Waals surface area contributed by atoms with Gasteiger partial charge >= 0.3 is 23.5 Å². The summed E-state index contributed by atoms with van der Waals surface area (Å²) in [5.41, 5.74) is 1.06. The van der Waals surface area contributed by atoms with Crippen LogP contribution in [0.25, 0.3) is 10.9 Å². The summed E-state index contributed by atoms with van der Waals surface area (Å²) in [6.07, 6.45) is 1.81. The Balaban J connectivity index is 0. The van der Waals surface area contributed by atoms with E-state index in [2.05, 4.69) is 17.1 Å². The summed E-state index contributed by atoms with van der Waals surface area (Å²) in [6.45, 7) is 0. The van der Waals surface area contributed by atoms with E-state index in [1.807, 2.05) is 30.5 Å². The number of rotatable bonds is 0. The van der Waals surface area contributed by atoms with Crippen LogP contribution in [0.3, 0.4) is 0 Å². The summed E-state index contributed by atoms with van der Waals surface area (Å²) in [7, 11) is -13.9. The van der Waals surface area contributed by atoms with Crippen molar-refractivity contribution in [2.24, 2.45) is 0 Å². The van der Waals surface area contributed by atoms with E-state index in [1.54, 1.807) is 0 Å². The third-order valence-corrected chi connectivity index (χ3v) is 1.51. The normalized spacial score (nSPS) is 11.1. The van der Waals surface area contributed by atoms with Crippen molar-refractivity contribution in [2.45, 2.75) is 0 Å². The van der Waals surface area contributed by atoms with Gasteiger partial charge in [0.25, 0.3) is 0 Å². The molecular formula is C9H16NO12P3. The first-order valence-corrected chi connectivity index (χ1v) is 10.3. The van der Waals surface area contributed by atoms with E-state index < -0.39 is 23.5 Å². The van der Waals surface area contributed by atoms with Crippen molar-refractivity contribution in [3.63, 3.8) is 0 Å². The third kappa shape index (κ3) is 35.1. The fourth-order valence-corrected chi connectivity index (χ4v) is 1.02. The summed E-state index contributed by atoms with van der Waals surface area (Å²) in [5.74, 6) is 0. The predicted octanol–water partition coefficient (Wildman–Crippen LogP) is -0.551. The van der Waals surface area contributed by atoms with Gasteiger partial charge in [-0.1, -0.05) is 24.3 Å². The number of fused-ring (bicyclic) bond motifs is 1. The molecule has 2 aromatic rings. The van der Waals surface area contributed by atoms with Gasteiger partial charge in [-0.15, -0.1) is 0 Å². The zero-order valence-electron chi connectivity index (χ0n) is 12.1. The topological polar surface area (TPSA) is 246 Å². The van der Waals surface area contributed by atoms with Gasteiger partial charge in [0.15, 0.2) is 0 Å². The summed E-state index contributed by atoms with van der Waals surface area (Å²) in [4.78, 5) is 68.9. The first-order valence-electron chi connectivity index (χ1n) is 5.61.